The lowest BCUT2D eigenvalue weighted by Crippen LogP contribution is -2.33. The molecule has 1 aliphatic heterocycles. The molecular weight excluding hydrogens is 289 g/mol. The highest BCUT2D eigenvalue weighted by atomic mass is 35.5. The number of hydrogen-bond acceptors (Lipinski definition) is 3. The zero-order valence-electron chi connectivity index (χ0n) is 10.3. The van der Waals surface area contributed by atoms with E-state index < -0.39 is 11.9 Å². The first-order chi connectivity index (χ1) is 9.06. The Hall–Kier alpha value is -0.810. The quantitative estimate of drug-likeness (QED) is 0.932. The number of rotatable bonds is 3. The van der Waals surface area contributed by atoms with Crippen molar-refractivity contribution in [3.05, 3.63) is 33.8 Å². The second-order valence-corrected chi connectivity index (χ2v) is 5.41. The predicted octanol–water partition coefficient (Wildman–Crippen LogP) is 2.53. The molecule has 1 heterocycles. The fraction of sp³-hybridized carbons (Fsp3) is 0.462. The Morgan fingerprint density at radius 1 is 1.42 bits per heavy atom. The third kappa shape index (κ3) is 4.08. The maximum absolute atomic E-state index is 11.1. The summed E-state index contributed by atoms with van der Waals surface area (Å²) in [6, 6.07) is 5.46. The Kier molecular flexibility index (Phi) is 5.05. The Morgan fingerprint density at radius 2 is 2.21 bits per heavy atom. The first kappa shape index (κ1) is 14.6. The maximum Gasteiger partial charge on any atom is 0.310 e. The van der Waals surface area contributed by atoms with Crippen LogP contribution >= 0.6 is 23.2 Å². The van der Waals surface area contributed by atoms with Crippen LogP contribution in [-0.4, -0.2) is 42.3 Å². The molecule has 0 bridgehead atoms. The summed E-state index contributed by atoms with van der Waals surface area (Å²) in [5.41, 5.74) is 1.01. The molecule has 0 spiro atoms. The molecule has 6 heteroatoms. The van der Waals surface area contributed by atoms with E-state index in [0.29, 0.717) is 36.3 Å². The fourth-order valence-corrected chi connectivity index (χ4v) is 2.38. The molecule has 1 unspecified atom stereocenters. The Balaban J connectivity index is 2.04. The molecule has 1 N–H and O–H groups in total. The van der Waals surface area contributed by atoms with Crippen molar-refractivity contribution in [2.75, 3.05) is 26.3 Å². The summed E-state index contributed by atoms with van der Waals surface area (Å²) in [5.74, 6) is -1.30. The molecule has 0 aromatic heterocycles. The molecule has 0 aliphatic carbocycles. The predicted molar refractivity (Wildman–Crippen MR) is 73.7 cm³/mol. The number of aliphatic carboxylic acids is 1. The smallest absolute Gasteiger partial charge is 0.310 e. The van der Waals surface area contributed by atoms with Gasteiger partial charge in [-0.3, -0.25) is 9.69 Å². The van der Waals surface area contributed by atoms with E-state index in [1.54, 1.807) is 6.07 Å². The first-order valence-electron chi connectivity index (χ1n) is 6.03. The summed E-state index contributed by atoms with van der Waals surface area (Å²) in [6.45, 7) is 2.65. The van der Waals surface area contributed by atoms with Crippen LogP contribution in [-0.2, 0) is 16.1 Å². The van der Waals surface area contributed by atoms with Gasteiger partial charge < -0.3 is 9.84 Å². The summed E-state index contributed by atoms with van der Waals surface area (Å²) >= 11 is 11.8. The SMILES string of the molecule is O=C(O)C1COCCN(Cc2ccc(Cl)c(Cl)c2)C1. The Labute approximate surface area is 121 Å². The molecule has 1 atom stereocenters. The molecule has 0 saturated carbocycles. The monoisotopic (exact) mass is 303 g/mol. The van der Waals surface area contributed by atoms with Gasteiger partial charge in [0.1, 0.15) is 0 Å². The Morgan fingerprint density at radius 3 is 2.89 bits per heavy atom. The van der Waals surface area contributed by atoms with Crippen molar-refractivity contribution in [2.24, 2.45) is 5.92 Å². The van der Waals surface area contributed by atoms with E-state index in [0.717, 1.165) is 5.56 Å². The van der Waals surface area contributed by atoms with Crippen LogP contribution < -0.4 is 0 Å². The fourth-order valence-electron chi connectivity index (χ4n) is 2.06. The third-order valence-electron chi connectivity index (χ3n) is 3.09. The average Bonchev–Trinajstić information content (AvgIpc) is 2.59. The van der Waals surface area contributed by atoms with Crippen LogP contribution in [0.3, 0.4) is 0 Å². The molecule has 2 rings (SSSR count). The van der Waals surface area contributed by atoms with Crippen molar-refractivity contribution in [1.29, 1.82) is 0 Å². The van der Waals surface area contributed by atoms with Crippen molar-refractivity contribution in [3.8, 4) is 0 Å². The number of carboxylic acid groups (broad SMARTS) is 1. The zero-order valence-corrected chi connectivity index (χ0v) is 11.8. The molecule has 0 radical (unpaired) electrons. The number of benzene rings is 1. The first-order valence-corrected chi connectivity index (χ1v) is 6.78. The van der Waals surface area contributed by atoms with Gasteiger partial charge in [0.05, 0.1) is 29.2 Å². The molecule has 1 aromatic carbocycles. The maximum atomic E-state index is 11.1. The van der Waals surface area contributed by atoms with Crippen molar-refractivity contribution in [1.82, 2.24) is 4.90 Å². The van der Waals surface area contributed by atoms with E-state index in [1.807, 2.05) is 12.1 Å². The molecule has 1 aromatic rings. The van der Waals surface area contributed by atoms with Gasteiger partial charge in [0.2, 0.25) is 0 Å². The molecule has 1 saturated heterocycles. The summed E-state index contributed by atoms with van der Waals surface area (Å²) in [4.78, 5) is 13.1. The minimum Gasteiger partial charge on any atom is -0.481 e. The van der Waals surface area contributed by atoms with E-state index in [-0.39, 0.29) is 6.61 Å². The van der Waals surface area contributed by atoms with Crippen molar-refractivity contribution in [3.63, 3.8) is 0 Å². The molecule has 19 heavy (non-hydrogen) atoms. The number of ether oxygens (including phenoxy) is 1. The summed E-state index contributed by atoms with van der Waals surface area (Å²) in [7, 11) is 0. The van der Waals surface area contributed by atoms with Gasteiger partial charge in [0.15, 0.2) is 0 Å². The number of carboxylic acids is 1. The van der Waals surface area contributed by atoms with E-state index in [2.05, 4.69) is 4.90 Å². The van der Waals surface area contributed by atoms with Crippen LogP contribution in [0, 0.1) is 5.92 Å². The van der Waals surface area contributed by atoms with Gasteiger partial charge >= 0.3 is 5.97 Å². The molecule has 1 aliphatic rings. The molecule has 104 valence electrons. The zero-order chi connectivity index (χ0) is 13.8. The van der Waals surface area contributed by atoms with Gasteiger partial charge in [0.25, 0.3) is 0 Å². The molecule has 1 fully saturated rings. The van der Waals surface area contributed by atoms with Crippen molar-refractivity contribution < 1.29 is 14.6 Å². The van der Waals surface area contributed by atoms with Gasteiger partial charge in [-0.15, -0.1) is 0 Å². The van der Waals surface area contributed by atoms with Gasteiger partial charge in [-0.25, -0.2) is 0 Å². The van der Waals surface area contributed by atoms with E-state index >= 15 is 0 Å². The highest BCUT2D eigenvalue weighted by Gasteiger charge is 2.24. The Bertz CT molecular complexity index is 467. The lowest BCUT2D eigenvalue weighted by atomic mass is 10.1. The standard InChI is InChI=1S/C13H15Cl2NO3/c14-11-2-1-9(5-12(11)15)6-16-3-4-19-8-10(7-16)13(17)18/h1-2,5,10H,3-4,6-8H2,(H,17,18). The van der Waals surface area contributed by atoms with Crippen LogP contribution in [0.5, 0.6) is 0 Å². The number of hydrogen-bond donors (Lipinski definition) is 1. The van der Waals surface area contributed by atoms with Crippen LogP contribution in [0.25, 0.3) is 0 Å². The molecular formula is C13H15Cl2NO3. The minimum atomic E-state index is -0.818. The van der Waals surface area contributed by atoms with E-state index in [1.165, 1.54) is 0 Å². The second-order valence-electron chi connectivity index (χ2n) is 4.59. The average molecular weight is 304 g/mol. The van der Waals surface area contributed by atoms with Gasteiger partial charge in [-0.1, -0.05) is 29.3 Å². The normalized spacial score (nSPS) is 21.1. The van der Waals surface area contributed by atoms with Crippen LogP contribution in [0.2, 0.25) is 10.0 Å². The van der Waals surface area contributed by atoms with Crippen molar-refractivity contribution in [2.45, 2.75) is 6.54 Å². The van der Waals surface area contributed by atoms with Gasteiger partial charge in [-0.2, -0.15) is 0 Å². The minimum absolute atomic E-state index is 0.271. The third-order valence-corrected chi connectivity index (χ3v) is 3.83. The lowest BCUT2D eigenvalue weighted by molar-refractivity contribution is -0.143. The summed E-state index contributed by atoms with van der Waals surface area (Å²) in [6.07, 6.45) is 0. The second kappa shape index (κ2) is 6.57. The van der Waals surface area contributed by atoms with Crippen LogP contribution in [0.1, 0.15) is 5.56 Å². The molecule has 0 amide bonds. The number of nitrogens with zero attached hydrogens (tertiary/aromatic N) is 1. The lowest BCUT2D eigenvalue weighted by Gasteiger charge is -2.21. The van der Waals surface area contributed by atoms with E-state index in [9.17, 15) is 4.79 Å². The molecule has 4 nitrogen and oxygen atoms in total. The highest BCUT2D eigenvalue weighted by molar-refractivity contribution is 6.42. The van der Waals surface area contributed by atoms with Gasteiger partial charge in [-0.05, 0) is 17.7 Å². The van der Waals surface area contributed by atoms with Crippen LogP contribution in [0.15, 0.2) is 18.2 Å². The van der Waals surface area contributed by atoms with Gasteiger partial charge in [0, 0.05) is 19.6 Å². The topological polar surface area (TPSA) is 49.8 Å². The largest absolute Gasteiger partial charge is 0.481 e. The highest BCUT2D eigenvalue weighted by Crippen LogP contribution is 2.23. The number of halogens is 2. The summed E-state index contributed by atoms with van der Waals surface area (Å²) < 4.78 is 5.31. The van der Waals surface area contributed by atoms with Crippen LogP contribution in [0.4, 0.5) is 0 Å². The van der Waals surface area contributed by atoms with Crippen molar-refractivity contribution >= 4 is 29.2 Å². The summed E-state index contributed by atoms with van der Waals surface area (Å²) in [5, 5.41) is 10.1. The van der Waals surface area contributed by atoms with E-state index in [4.69, 9.17) is 33.0 Å². The number of carbonyl (C=O) groups is 1.